The minimum Gasteiger partial charge on any atom is -0.845 e. The van der Waals surface area contributed by atoms with E-state index in [1.807, 2.05) is 42.5 Å². The molecule has 0 aliphatic rings. The van der Waals surface area contributed by atoms with E-state index in [-0.39, 0.29) is 0 Å². The van der Waals surface area contributed by atoms with Crippen LogP contribution in [0.5, 0.6) is 5.75 Å². The van der Waals surface area contributed by atoms with Crippen molar-refractivity contribution in [3.63, 3.8) is 0 Å². The van der Waals surface area contributed by atoms with Gasteiger partial charge < -0.3 is 9.84 Å². The molecule has 32 heavy (non-hydrogen) atoms. The van der Waals surface area contributed by atoms with Crippen LogP contribution >= 0.6 is 29.9 Å². The molecule has 0 aliphatic heterocycles. The number of alkyl halides is 1. The Bertz CT molecular complexity index is 1030. The Hall–Kier alpha value is -2.20. The van der Waals surface area contributed by atoms with Gasteiger partial charge in [-0.15, -0.1) is 0 Å². The topological polar surface area (TPSA) is 32.3 Å². The molecule has 0 saturated heterocycles. The lowest BCUT2D eigenvalue weighted by Crippen LogP contribution is -2.49. The average molecular weight is 552 g/mol. The molecule has 0 aromatic heterocycles. The second-order valence-electron chi connectivity index (χ2n) is 7.85. The Morgan fingerprint density at radius 3 is 1.41 bits per heavy atom. The number of hydrogen-bond donors (Lipinski definition) is 0. The minimum atomic E-state index is -2.35. The zero-order valence-corrected chi connectivity index (χ0v) is 21.2. The van der Waals surface area contributed by atoms with Gasteiger partial charge in [-0.05, 0) is 84.1 Å². The van der Waals surface area contributed by atoms with E-state index >= 15 is 0 Å². The van der Waals surface area contributed by atoms with E-state index in [0.29, 0.717) is 0 Å². The van der Waals surface area contributed by atoms with Crippen molar-refractivity contribution in [3.8, 4) is 5.75 Å². The van der Waals surface area contributed by atoms with Crippen molar-refractivity contribution in [1.29, 1.82) is 0 Å². The first kappa shape index (κ1) is 23.0. The van der Waals surface area contributed by atoms with Crippen LogP contribution in [0.2, 0.25) is 0 Å². The van der Waals surface area contributed by atoms with E-state index in [9.17, 15) is 5.11 Å². The molecule has 2 unspecified atom stereocenters. The maximum atomic E-state index is 14.3. The Labute approximate surface area is 204 Å². The second-order valence-corrected chi connectivity index (χ2v) is 14.8. The highest BCUT2D eigenvalue weighted by Gasteiger charge is 2.59. The lowest BCUT2D eigenvalue weighted by molar-refractivity contribution is -0.426. The molecule has 0 fully saturated rings. The van der Waals surface area contributed by atoms with Crippen LogP contribution in [0, 0.1) is 0 Å². The summed E-state index contributed by atoms with van der Waals surface area (Å²) in [6, 6.07) is 39.3. The van der Waals surface area contributed by atoms with Crippen molar-refractivity contribution < 1.29 is 9.84 Å². The van der Waals surface area contributed by atoms with Gasteiger partial charge in [0.1, 0.15) is 32.1 Å². The van der Waals surface area contributed by atoms with Gasteiger partial charge in [0.15, 0.2) is 0 Å². The van der Waals surface area contributed by atoms with Gasteiger partial charge in [0, 0.05) is 0 Å². The first-order valence-corrected chi connectivity index (χ1v) is 13.4. The van der Waals surface area contributed by atoms with Crippen LogP contribution in [-0.2, 0) is 0 Å². The van der Waals surface area contributed by atoms with Crippen LogP contribution in [0.3, 0.4) is 0 Å². The maximum absolute atomic E-state index is 14.3. The van der Waals surface area contributed by atoms with Crippen molar-refractivity contribution in [1.82, 2.24) is 0 Å². The third-order valence-electron chi connectivity index (χ3n) is 5.98. The Morgan fingerprint density at radius 1 is 0.688 bits per heavy atom. The van der Waals surface area contributed by atoms with Crippen LogP contribution in [0.1, 0.15) is 18.6 Å². The fourth-order valence-corrected chi connectivity index (χ4v) is 12.1. The van der Waals surface area contributed by atoms with E-state index in [0.717, 1.165) is 11.3 Å². The molecule has 0 heterocycles. The first-order valence-electron chi connectivity index (χ1n) is 10.6. The summed E-state index contributed by atoms with van der Waals surface area (Å²) >= 11 is 2.45. The average Bonchev–Trinajstić information content (AvgIpc) is 2.86. The van der Waals surface area contributed by atoms with Gasteiger partial charge in [0.2, 0.25) is 0 Å². The van der Waals surface area contributed by atoms with Gasteiger partial charge in [0.05, 0.1) is 7.11 Å². The fraction of sp³-hybridized carbons (Fsp3) is 0.143. The standard InChI is InChI=1S/C28H26IO2P/c1-28(29,27(30)22-18-20-23(31-2)21-19-22)32(24-12-6-3-7-13-24,25-14-8-4-9-15-25)26-16-10-5-11-17-26/h3-21,27H,1-2H3. The highest BCUT2D eigenvalue weighted by molar-refractivity contribution is 14.1. The molecule has 2 atom stereocenters. The molecular weight excluding hydrogens is 526 g/mol. The van der Waals surface area contributed by atoms with E-state index in [4.69, 9.17) is 4.74 Å². The molecule has 4 aromatic rings. The van der Waals surface area contributed by atoms with E-state index in [2.05, 4.69) is 102 Å². The predicted molar refractivity (Wildman–Crippen MR) is 143 cm³/mol. The number of hydrogen-bond acceptors (Lipinski definition) is 2. The van der Waals surface area contributed by atoms with Crippen LogP contribution in [0.25, 0.3) is 0 Å². The molecule has 162 valence electrons. The number of ether oxygens (including phenoxy) is 1. The Balaban J connectivity index is 2.01. The van der Waals surface area contributed by atoms with Crippen LogP contribution in [-0.4, -0.2) is 10.3 Å². The fourth-order valence-electron chi connectivity index (χ4n) is 4.42. The Kier molecular flexibility index (Phi) is 6.99. The van der Waals surface area contributed by atoms with Crippen molar-refractivity contribution in [3.05, 3.63) is 121 Å². The number of rotatable bonds is 7. The number of benzene rings is 4. The van der Waals surface area contributed by atoms with Crippen molar-refractivity contribution in [2.24, 2.45) is 0 Å². The zero-order valence-electron chi connectivity index (χ0n) is 18.2. The van der Waals surface area contributed by atoms with E-state index in [1.54, 1.807) is 7.11 Å². The van der Waals surface area contributed by atoms with Crippen molar-refractivity contribution in [2.75, 3.05) is 7.11 Å². The summed E-state index contributed by atoms with van der Waals surface area (Å²) in [6.07, 6.45) is -0.942. The third-order valence-corrected chi connectivity index (χ3v) is 13.5. The van der Waals surface area contributed by atoms with Crippen molar-refractivity contribution >= 4 is 45.8 Å². The van der Waals surface area contributed by atoms with Gasteiger partial charge in [0.25, 0.3) is 0 Å². The number of halogens is 1. The molecule has 0 spiro atoms. The zero-order chi connectivity index (χ0) is 22.6. The summed E-state index contributed by atoms with van der Waals surface area (Å²) in [6.45, 7) is 2.14. The molecule has 0 radical (unpaired) electrons. The summed E-state index contributed by atoms with van der Waals surface area (Å²) in [5, 5.41) is 17.9. The molecule has 0 bridgehead atoms. The van der Waals surface area contributed by atoms with E-state index in [1.165, 1.54) is 15.9 Å². The normalized spacial score (nSPS) is 14.4. The predicted octanol–water partition coefficient (Wildman–Crippen LogP) is 5.24. The summed E-state index contributed by atoms with van der Waals surface area (Å²) in [5.41, 5.74) is 0.773. The Morgan fingerprint density at radius 2 is 1.06 bits per heavy atom. The summed E-state index contributed by atoms with van der Waals surface area (Å²) in [7, 11) is -0.712. The van der Waals surface area contributed by atoms with Gasteiger partial charge >= 0.3 is 0 Å². The highest BCUT2D eigenvalue weighted by atomic mass is 127. The molecule has 4 rings (SSSR count). The lowest BCUT2D eigenvalue weighted by atomic mass is 10.1. The number of methoxy groups -OCH3 is 1. The molecule has 4 aromatic carbocycles. The van der Waals surface area contributed by atoms with E-state index < -0.39 is 16.5 Å². The smallest absolute Gasteiger partial charge is 0.132 e. The van der Waals surface area contributed by atoms with Crippen LogP contribution < -0.4 is 25.8 Å². The molecule has 4 heteroatoms. The largest absolute Gasteiger partial charge is 0.845 e. The first-order chi connectivity index (χ1) is 15.5. The van der Waals surface area contributed by atoms with Gasteiger partial charge in [-0.2, -0.15) is 0 Å². The molecule has 0 saturated carbocycles. The molecule has 0 aliphatic carbocycles. The monoisotopic (exact) mass is 552 g/mol. The summed E-state index contributed by atoms with van der Waals surface area (Å²) in [4.78, 5) is 0. The quantitative estimate of drug-likeness (QED) is 0.179. The third kappa shape index (κ3) is 3.98. The molecule has 0 amide bonds. The SMILES string of the molecule is COc1ccc(C([O-])C(C)(I)[P+](c2ccccc2)(c2ccccc2)c2ccccc2)cc1. The van der Waals surface area contributed by atoms with Gasteiger partial charge in [-0.25, -0.2) is 0 Å². The van der Waals surface area contributed by atoms with Gasteiger partial charge in [-0.1, -0.05) is 72.3 Å². The molecular formula is C28H26IO2P. The minimum absolute atomic E-state index is 0.636. The molecule has 2 nitrogen and oxygen atoms in total. The summed E-state index contributed by atoms with van der Waals surface area (Å²) < 4.78 is 4.68. The highest BCUT2D eigenvalue weighted by Crippen LogP contribution is 2.71. The van der Waals surface area contributed by atoms with Crippen LogP contribution in [0.15, 0.2) is 115 Å². The second kappa shape index (κ2) is 9.74. The summed E-state index contributed by atoms with van der Waals surface area (Å²) in [5.74, 6) is 0.756. The lowest BCUT2D eigenvalue weighted by Gasteiger charge is -2.46. The van der Waals surface area contributed by atoms with Gasteiger partial charge in [-0.3, -0.25) is 0 Å². The van der Waals surface area contributed by atoms with Crippen LogP contribution in [0.4, 0.5) is 0 Å². The van der Waals surface area contributed by atoms with Crippen molar-refractivity contribution in [2.45, 2.75) is 16.2 Å². The maximum Gasteiger partial charge on any atom is 0.132 e. The molecule has 0 N–H and O–H groups in total.